The molecule has 1 aliphatic heterocycles. The first-order valence-corrected chi connectivity index (χ1v) is 9.96. The fourth-order valence-corrected chi connectivity index (χ4v) is 5.29. The third-order valence-corrected chi connectivity index (χ3v) is 6.98. The highest BCUT2D eigenvalue weighted by molar-refractivity contribution is 8.01. The lowest BCUT2D eigenvalue weighted by atomic mass is 10.2. The molecule has 1 aromatic rings. The number of aryl methyl sites for hydroxylation is 1. The van der Waals surface area contributed by atoms with Gasteiger partial charge in [-0.15, -0.1) is 0 Å². The standard InChI is InChI=1S/C13H22N4O2S2/c1-4-10-15-12(14)9(3)13(16-10)17-6-7-20-8-11(17)21(18,19)5-2/h11H,4-8H2,1-3H3,(H2,14,15,16). The second-order valence-electron chi connectivity index (χ2n) is 5.00. The van der Waals surface area contributed by atoms with Crippen LogP contribution in [0.15, 0.2) is 0 Å². The van der Waals surface area contributed by atoms with Gasteiger partial charge in [-0.25, -0.2) is 18.4 Å². The van der Waals surface area contributed by atoms with Crippen LogP contribution in [-0.2, 0) is 16.3 Å². The Morgan fingerprint density at radius 1 is 1.38 bits per heavy atom. The molecule has 6 nitrogen and oxygen atoms in total. The first-order valence-electron chi connectivity index (χ1n) is 7.09. The Hall–Kier alpha value is -1.02. The van der Waals surface area contributed by atoms with E-state index in [0.29, 0.717) is 36.2 Å². The van der Waals surface area contributed by atoms with Crippen LogP contribution in [0, 0.1) is 6.92 Å². The number of sulfone groups is 1. The molecule has 2 heterocycles. The maximum absolute atomic E-state index is 12.4. The minimum absolute atomic E-state index is 0.134. The molecular weight excluding hydrogens is 308 g/mol. The Balaban J connectivity index is 2.49. The molecule has 0 aromatic carbocycles. The monoisotopic (exact) mass is 330 g/mol. The van der Waals surface area contributed by atoms with Gasteiger partial charge in [-0.1, -0.05) is 13.8 Å². The predicted octanol–water partition coefficient (Wildman–Crippen LogP) is 1.24. The smallest absolute Gasteiger partial charge is 0.171 e. The van der Waals surface area contributed by atoms with Gasteiger partial charge in [0, 0.05) is 35.8 Å². The molecule has 1 aromatic heterocycles. The largest absolute Gasteiger partial charge is 0.383 e. The Kier molecular flexibility index (Phi) is 4.98. The van der Waals surface area contributed by atoms with Crippen LogP contribution in [0.5, 0.6) is 0 Å². The Labute approximate surface area is 130 Å². The van der Waals surface area contributed by atoms with Crippen molar-refractivity contribution in [3.05, 3.63) is 11.4 Å². The zero-order chi connectivity index (χ0) is 15.6. The molecule has 0 bridgehead atoms. The molecule has 2 N–H and O–H groups in total. The van der Waals surface area contributed by atoms with Crippen LogP contribution in [0.1, 0.15) is 25.2 Å². The van der Waals surface area contributed by atoms with Gasteiger partial charge in [0.2, 0.25) is 0 Å². The van der Waals surface area contributed by atoms with E-state index in [1.807, 2.05) is 18.7 Å². The van der Waals surface area contributed by atoms with Gasteiger partial charge in [0.25, 0.3) is 0 Å². The molecule has 118 valence electrons. The number of thioether (sulfide) groups is 1. The summed E-state index contributed by atoms with van der Waals surface area (Å²) < 4.78 is 24.7. The van der Waals surface area contributed by atoms with E-state index >= 15 is 0 Å². The summed E-state index contributed by atoms with van der Waals surface area (Å²) in [6, 6.07) is 0. The van der Waals surface area contributed by atoms with Crippen molar-refractivity contribution in [1.82, 2.24) is 9.97 Å². The summed E-state index contributed by atoms with van der Waals surface area (Å²) in [5.41, 5.74) is 6.72. The minimum Gasteiger partial charge on any atom is -0.383 e. The van der Waals surface area contributed by atoms with E-state index in [-0.39, 0.29) is 5.75 Å². The van der Waals surface area contributed by atoms with Crippen molar-refractivity contribution < 1.29 is 8.42 Å². The van der Waals surface area contributed by atoms with E-state index in [0.717, 1.165) is 11.3 Å². The third kappa shape index (κ3) is 3.26. The molecule has 0 amide bonds. The van der Waals surface area contributed by atoms with Crippen LogP contribution in [-0.4, -0.2) is 47.6 Å². The second-order valence-corrected chi connectivity index (χ2v) is 8.60. The van der Waals surface area contributed by atoms with E-state index in [1.165, 1.54) is 0 Å². The number of nitrogens with two attached hydrogens (primary N) is 1. The predicted molar refractivity (Wildman–Crippen MR) is 88.5 cm³/mol. The van der Waals surface area contributed by atoms with Crippen molar-refractivity contribution in [2.75, 3.05) is 34.4 Å². The summed E-state index contributed by atoms with van der Waals surface area (Å²) in [6.07, 6.45) is 0.672. The number of nitrogen functional groups attached to an aromatic ring is 1. The van der Waals surface area contributed by atoms with Crippen LogP contribution in [0.3, 0.4) is 0 Å². The Morgan fingerprint density at radius 2 is 2.10 bits per heavy atom. The zero-order valence-electron chi connectivity index (χ0n) is 12.7. The average Bonchev–Trinajstić information content (AvgIpc) is 2.50. The Bertz CT molecular complexity index is 619. The van der Waals surface area contributed by atoms with Gasteiger partial charge in [0.15, 0.2) is 9.84 Å². The lowest BCUT2D eigenvalue weighted by Crippen LogP contribution is -2.48. The second kappa shape index (κ2) is 6.39. The molecule has 8 heteroatoms. The number of hydrogen-bond donors (Lipinski definition) is 1. The van der Waals surface area contributed by atoms with Crippen molar-refractivity contribution in [3.8, 4) is 0 Å². The first-order chi connectivity index (χ1) is 9.90. The van der Waals surface area contributed by atoms with Crippen LogP contribution in [0.2, 0.25) is 0 Å². The molecule has 1 unspecified atom stereocenters. The molecule has 0 aliphatic carbocycles. The highest BCUT2D eigenvalue weighted by Gasteiger charge is 2.34. The van der Waals surface area contributed by atoms with Crippen LogP contribution in [0.25, 0.3) is 0 Å². The highest BCUT2D eigenvalue weighted by Crippen LogP contribution is 2.30. The highest BCUT2D eigenvalue weighted by atomic mass is 32.2. The molecule has 0 spiro atoms. The van der Waals surface area contributed by atoms with Gasteiger partial charge in [0.1, 0.15) is 22.8 Å². The summed E-state index contributed by atoms with van der Waals surface area (Å²) >= 11 is 1.67. The van der Waals surface area contributed by atoms with Gasteiger partial charge >= 0.3 is 0 Å². The molecule has 1 atom stereocenters. The van der Waals surface area contributed by atoms with Crippen LogP contribution in [0.4, 0.5) is 11.6 Å². The van der Waals surface area contributed by atoms with Gasteiger partial charge in [-0.2, -0.15) is 11.8 Å². The van der Waals surface area contributed by atoms with Crippen molar-refractivity contribution in [2.24, 2.45) is 0 Å². The number of rotatable bonds is 4. The summed E-state index contributed by atoms with van der Waals surface area (Å²) in [7, 11) is -3.16. The fourth-order valence-electron chi connectivity index (χ4n) is 2.32. The van der Waals surface area contributed by atoms with E-state index in [4.69, 9.17) is 5.73 Å². The van der Waals surface area contributed by atoms with E-state index in [2.05, 4.69) is 9.97 Å². The fraction of sp³-hybridized carbons (Fsp3) is 0.692. The quantitative estimate of drug-likeness (QED) is 0.888. The molecule has 0 saturated carbocycles. The molecule has 1 aliphatic rings. The van der Waals surface area contributed by atoms with Crippen LogP contribution >= 0.6 is 11.8 Å². The maximum atomic E-state index is 12.4. The molecule has 1 fully saturated rings. The normalized spacial score (nSPS) is 19.8. The van der Waals surface area contributed by atoms with Gasteiger partial charge in [-0.05, 0) is 6.92 Å². The third-order valence-electron chi connectivity index (χ3n) is 3.69. The minimum atomic E-state index is -3.16. The number of hydrogen-bond acceptors (Lipinski definition) is 7. The van der Waals surface area contributed by atoms with E-state index < -0.39 is 15.2 Å². The first kappa shape index (κ1) is 16.4. The van der Waals surface area contributed by atoms with Crippen molar-refractivity contribution in [2.45, 2.75) is 32.6 Å². The van der Waals surface area contributed by atoms with Gasteiger partial charge in [0.05, 0.1) is 0 Å². The lowest BCUT2D eigenvalue weighted by Gasteiger charge is -2.36. The van der Waals surface area contributed by atoms with Gasteiger partial charge in [-0.3, -0.25) is 0 Å². The van der Waals surface area contributed by atoms with Crippen molar-refractivity contribution >= 4 is 33.2 Å². The molecule has 2 rings (SSSR count). The summed E-state index contributed by atoms with van der Waals surface area (Å²) in [5, 5.41) is -0.529. The van der Waals surface area contributed by atoms with Crippen molar-refractivity contribution in [3.63, 3.8) is 0 Å². The average molecular weight is 330 g/mol. The van der Waals surface area contributed by atoms with Crippen molar-refractivity contribution in [1.29, 1.82) is 0 Å². The molecule has 1 saturated heterocycles. The summed E-state index contributed by atoms with van der Waals surface area (Å²) in [6.45, 7) is 6.15. The molecule has 21 heavy (non-hydrogen) atoms. The topological polar surface area (TPSA) is 89.2 Å². The number of nitrogens with zero attached hydrogens (tertiary/aromatic N) is 3. The Morgan fingerprint density at radius 3 is 2.71 bits per heavy atom. The summed E-state index contributed by atoms with van der Waals surface area (Å²) in [5.74, 6) is 3.35. The molecule has 0 radical (unpaired) electrons. The number of aromatic nitrogens is 2. The zero-order valence-corrected chi connectivity index (χ0v) is 14.3. The number of anilines is 2. The lowest BCUT2D eigenvalue weighted by molar-refractivity contribution is 0.578. The summed E-state index contributed by atoms with van der Waals surface area (Å²) in [4.78, 5) is 10.7. The van der Waals surface area contributed by atoms with Gasteiger partial charge < -0.3 is 10.6 Å². The SMILES string of the molecule is CCc1nc(N)c(C)c(N2CCSCC2S(=O)(=O)CC)n1. The molecular formula is C13H22N4O2S2. The van der Waals surface area contributed by atoms with E-state index in [1.54, 1.807) is 18.7 Å². The van der Waals surface area contributed by atoms with E-state index in [9.17, 15) is 8.42 Å². The van der Waals surface area contributed by atoms with Crippen LogP contribution < -0.4 is 10.6 Å². The maximum Gasteiger partial charge on any atom is 0.171 e.